The van der Waals surface area contributed by atoms with E-state index in [9.17, 15) is 9.59 Å². The fourth-order valence-corrected chi connectivity index (χ4v) is 2.86. The van der Waals surface area contributed by atoms with Crippen molar-refractivity contribution in [3.8, 4) is 0 Å². The number of nitrogens with zero attached hydrogens (tertiary/aromatic N) is 2. The number of benzene rings is 1. The highest BCUT2D eigenvalue weighted by molar-refractivity contribution is 5.90. The average molecular weight is 290 g/mol. The van der Waals surface area contributed by atoms with Gasteiger partial charge in [0.25, 0.3) is 0 Å². The molecule has 0 unspecified atom stereocenters. The topological polar surface area (TPSA) is 49.9 Å². The maximum absolute atomic E-state index is 12.4. The summed E-state index contributed by atoms with van der Waals surface area (Å²) in [7, 11) is 5.07. The second kappa shape index (κ2) is 6.72. The van der Waals surface area contributed by atoms with Crippen LogP contribution in [0.5, 0.6) is 0 Å². The monoisotopic (exact) mass is 290 g/mol. The second-order valence-corrected chi connectivity index (χ2v) is 5.48. The van der Waals surface area contributed by atoms with Crippen LogP contribution >= 0.6 is 0 Å². The maximum atomic E-state index is 12.4. The van der Waals surface area contributed by atoms with Crippen LogP contribution in [-0.2, 0) is 14.3 Å². The molecule has 5 nitrogen and oxygen atoms in total. The molecule has 2 atom stereocenters. The first-order valence-corrected chi connectivity index (χ1v) is 7.10. The van der Waals surface area contributed by atoms with Gasteiger partial charge >= 0.3 is 0 Å². The first kappa shape index (κ1) is 15.5. The molecule has 1 aliphatic rings. The van der Waals surface area contributed by atoms with Gasteiger partial charge in [0.15, 0.2) is 0 Å². The molecular formula is C16H22N2O3. The number of carbonyl (C=O) groups is 2. The third-order valence-electron chi connectivity index (χ3n) is 3.87. The predicted molar refractivity (Wildman–Crippen MR) is 79.6 cm³/mol. The van der Waals surface area contributed by atoms with Gasteiger partial charge in [0, 0.05) is 34.2 Å². The van der Waals surface area contributed by atoms with Crippen molar-refractivity contribution in [1.29, 1.82) is 0 Å². The van der Waals surface area contributed by atoms with Crippen LogP contribution in [0.1, 0.15) is 18.0 Å². The van der Waals surface area contributed by atoms with Crippen LogP contribution in [-0.4, -0.2) is 56.0 Å². The molecule has 114 valence electrons. The predicted octanol–water partition coefficient (Wildman–Crippen LogP) is 1.31. The summed E-state index contributed by atoms with van der Waals surface area (Å²) in [5, 5.41) is 0. The highest BCUT2D eigenvalue weighted by atomic mass is 16.5. The molecule has 2 rings (SSSR count). The Hall–Kier alpha value is -1.88. The normalized spacial score (nSPS) is 21.7. The largest absolute Gasteiger partial charge is 0.383 e. The zero-order valence-electron chi connectivity index (χ0n) is 12.8. The van der Waals surface area contributed by atoms with Crippen LogP contribution in [0.4, 0.5) is 0 Å². The van der Waals surface area contributed by atoms with Gasteiger partial charge in [0.05, 0.1) is 18.6 Å². The van der Waals surface area contributed by atoms with Gasteiger partial charge < -0.3 is 14.5 Å². The van der Waals surface area contributed by atoms with Crippen molar-refractivity contribution in [3.05, 3.63) is 35.9 Å². The number of amides is 2. The zero-order chi connectivity index (χ0) is 15.4. The summed E-state index contributed by atoms with van der Waals surface area (Å²) in [5.41, 5.74) is 1.000. The maximum Gasteiger partial charge on any atom is 0.228 e. The molecule has 1 fully saturated rings. The van der Waals surface area contributed by atoms with Crippen molar-refractivity contribution in [2.75, 3.05) is 34.4 Å². The lowest BCUT2D eigenvalue weighted by atomic mass is 9.92. The lowest BCUT2D eigenvalue weighted by Gasteiger charge is -2.29. The van der Waals surface area contributed by atoms with E-state index in [0.29, 0.717) is 13.2 Å². The molecule has 1 aromatic rings. The van der Waals surface area contributed by atoms with Gasteiger partial charge in [-0.1, -0.05) is 30.3 Å². The van der Waals surface area contributed by atoms with E-state index in [1.54, 1.807) is 31.0 Å². The Kier molecular flexibility index (Phi) is 4.96. The lowest BCUT2D eigenvalue weighted by Crippen LogP contribution is -2.36. The minimum atomic E-state index is -0.327. The highest BCUT2D eigenvalue weighted by Gasteiger charge is 2.44. The van der Waals surface area contributed by atoms with Gasteiger partial charge in [-0.15, -0.1) is 0 Å². The number of likely N-dealkylation sites (tertiary alicyclic amines) is 1. The molecule has 21 heavy (non-hydrogen) atoms. The number of ether oxygens (including phenoxy) is 1. The van der Waals surface area contributed by atoms with Crippen LogP contribution in [0.3, 0.4) is 0 Å². The Morgan fingerprint density at radius 2 is 2.00 bits per heavy atom. The molecule has 2 amide bonds. The van der Waals surface area contributed by atoms with E-state index >= 15 is 0 Å². The SMILES string of the molecule is COCCN1C(=O)C[C@@H](C(=O)N(C)C)[C@@H]1c1ccccc1. The molecule has 0 N–H and O–H groups in total. The molecule has 1 aliphatic heterocycles. The van der Waals surface area contributed by atoms with Gasteiger partial charge in [0.1, 0.15) is 0 Å². The van der Waals surface area contributed by atoms with Gasteiger partial charge in [-0.05, 0) is 5.56 Å². The van der Waals surface area contributed by atoms with Crippen molar-refractivity contribution < 1.29 is 14.3 Å². The number of hydrogen-bond acceptors (Lipinski definition) is 3. The van der Waals surface area contributed by atoms with Crippen LogP contribution in [0.25, 0.3) is 0 Å². The summed E-state index contributed by atoms with van der Waals surface area (Å²) in [6, 6.07) is 9.54. The van der Waals surface area contributed by atoms with Crippen molar-refractivity contribution in [3.63, 3.8) is 0 Å². The minimum Gasteiger partial charge on any atom is -0.383 e. The Labute approximate surface area is 125 Å². The van der Waals surface area contributed by atoms with Gasteiger partial charge in [-0.3, -0.25) is 9.59 Å². The van der Waals surface area contributed by atoms with Gasteiger partial charge in [0.2, 0.25) is 11.8 Å². The molecule has 0 spiro atoms. The molecule has 1 heterocycles. The summed E-state index contributed by atoms with van der Waals surface area (Å²) in [6.45, 7) is 0.976. The molecule has 0 aromatic heterocycles. The standard InChI is InChI=1S/C16H22N2O3/c1-17(2)16(20)13-11-14(19)18(9-10-21-3)15(13)12-7-5-4-6-8-12/h4-8,13,15H,9-11H2,1-3H3/t13-,15+/m1/s1. The molecule has 0 saturated carbocycles. The molecule has 0 aliphatic carbocycles. The van der Waals surface area contributed by atoms with E-state index in [1.807, 2.05) is 30.3 Å². The fourth-order valence-electron chi connectivity index (χ4n) is 2.86. The van der Waals surface area contributed by atoms with E-state index in [4.69, 9.17) is 4.74 Å². The number of rotatable bonds is 5. The zero-order valence-corrected chi connectivity index (χ0v) is 12.8. The highest BCUT2D eigenvalue weighted by Crippen LogP contribution is 2.38. The summed E-state index contributed by atoms with van der Waals surface area (Å²) >= 11 is 0. The molecule has 0 bridgehead atoms. The third-order valence-corrected chi connectivity index (χ3v) is 3.87. The first-order valence-electron chi connectivity index (χ1n) is 7.10. The van der Waals surface area contributed by atoms with Crippen LogP contribution in [0, 0.1) is 5.92 Å². The Balaban J connectivity index is 2.33. The van der Waals surface area contributed by atoms with Gasteiger partial charge in [-0.25, -0.2) is 0 Å². The molecule has 1 saturated heterocycles. The molecular weight excluding hydrogens is 268 g/mol. The van der Waals surface area contributed by atoms with E-state index in [1.165, 1.54) is 0 Å². The summed E-state index contributed by atoms with van der Waals surface area (Å²) in [5.74, 6) is -0.315. The van der Waals surface area contributed by atoms with Crippen molar-refractivity contribution in [2.24, 2.45) is 5.92 Å². The smallest absolute Gasteiger partial charge is 0.228 e. The number of hydrogen-bond donors (Lipinski definition) is 0. The van der Waals surface area contributed by atoms with E-state index in [-0.39, 0.29) is 30.2 Å². The lowest BCUT2D eigenvalue weighted by molar-refractivity contribution is -0.134. The van der Waals surface area contributed by atoms with Crippen molar-refractivity contribution in [1.82, 2.24) is 9.80 Å². The van der Waals surface area contributed by atoms with Gasteiger partial charge in [-0.2, -0.15) is 0 Å². The van der Waals surface area contributed by atoms with Crippen LogP contribution in [0.15, 0.2) is 30.3 Å². The molecule has 1 aromatic carbocycles. The van der Waals surface area contributed by atoms with E-state index < -0.39 is 0 Å². The Morgan fingerprint density at radius 3 is 2.57 bits per heavy atom. The Morgan fingerprint density at radius 1 is 1.33 bits per heavy atom. The van der Waals surface area contributed by atoms with E-state index in [2.05, 4.69) is 0 Å². The fraction of sp³-hybridized carbons (Fsp3) is 0.500. The van der Waals surface area contributed by atoms with Crippen molar-refractivity contribution in [2.45, 2.75) is 12.5 Å². The molecule has 5 heteroatoms. The quantitative estimate of drug-likeness (QED) is 0.821. The van der Waals surface area contributed by atoms with Crippen LogP contribution < -0.4 is 0 Å². The Bertz CT molecular complexity index is 502. The summed E-state index contributed by atoms with van der Waals surface area (Å²) < 4.78 is 5.09. The average Bonchev–Trinajstić information content (AvgIpc) is 2.81. The van der Waals surface area contributed by atoms with Crippen molar-refractivity contribution >= 4 is 11.8 Å². The van der Waals surface area contributed by atoms with E-state index in [0.717, 1.165) is 5.56 Å². The second-order valence-electron chi connectivity index (χ2n) is 5.48. The number of carbonyl (C=O) groups excluding carboxylic acids is 2. The summed E-state index contributed by atoms with van der Waals surface area (Å²) in [6.07, 6.45) is 0.264. The molecule has 0 radical (unpaired) electrons. The minimum absolute atomic E-state index is 0.00267. The number of methoxy groups -OCH3 is 1. The van der Waals surface area contributed by atoms with Crippen LogP contribution in [0.2, 0.25) is 0 Å². The first-order chi connectivity index (χ1) is 10.1. The third kappa shape index (κ3) is 3.24. The summed E-state index contributed by atoms with van der Waals surface area (Å²) in [4.78, 5) is 28.0.